The summed E-state index contributed by atoms with van der Waals surface area (Å²) >= 11 is 0. The Morgan fingerprint density at radius 2 is 2.36 bits per heavy atom. The predicted molar refractivity (Wildman–Crippen MR) is 78.3 cm³/mol. The first kappa shape index (κ1) is 14.7. The topological polar surface area (TPSA) is 97.7 Å². The summed E-state index contributed by atoms with van der Waals surface area (Å²) in [5.41, 5.74) is 2.33. The van der Waals surface area contributed by atoms with Gasteiger partial charge in [-0.15, -0.1) is 10.2 Å². The molecule has 0 unspecified atom stereocenters. The van der Waals surface area contributed by atoms with E-state index in [0.29, 0.717) is 25.2 Å². The lowest BCUT2D eigenvalue weighted by molar-refractivity contribution is -0.00697. The molecule has 2 aromatic rings. The number of nitrogens with one attached hydrogen (secondary N) is 2. The van der Waals surface area contributed by atoms with Crippen molar-refractivity contribution in [1.82, 2.24) is 30.3 Å². The van der Waals surface area contributed by atoms with Gasteiger partial charge in [-0.3, -0.25) is 9.89 Å². The van der Waals surface area contributed by atoms with E-state index in [4.69, 9.17) is 4.74 Å². The number of hydrogen-bond donors (Lipinski definition) is 2. The molecule has 3 rings (SSSR count). The van der Waals surface area contributed by atoms with Gasteiger partial charge in [0.15, 0.2) is 5.69 Å². The fourth-order valence-electron chi connectivity index (χ4n) is 2.77. The van der Waals surface area contributed by atoms with Crippen LogP contribution in [0.3, 0.4) is 0 Å². The standard InChI is InChI=1S/C14H20N6O2/c1-8-6-11-12(9(2)22-8)18-19-13(11)14(21)15-4-5-20-7-16-17-10(20)3/h7-9H,4-6H2,1-3H3,(H,15,21)(H,18,19)/t8-,9+/m1/s1. The van der Waals surface area contributed by atoms with E-state index < -0.39 is 0 Å². The number of fused-ring (bicyclic) bond motifs is 1. The summed E-state index contributed by atoms with van der Waals surface area (Å²) in [5, 5.41) is 17.7. The third kappa shape index (κ3) is 2.74. The molecule has 0 aromatic carbocycles. The highest BCUT2D eigenvalue weighted by Gasteiger charge is 2.29. The van der Waals surface area contributed by atoms with Crippen molar-refractivity contribution >= 4 is 5.91 Å². The fraction of sp³-hybridized carbons (Fsp3) is 0.571. The van der Waals surface area contributed by atoms with Gasteiger partial charge in [0.25, 0.3) is 5.91 Å². The Hall–Kier alpha value is -2.22. The number of ether oxygens (including phenoxy) is 1. The smallest absolute Gasteiger partial charge is 0.272 e. The molecule has 8 heteroatoms. The van der Waals surface area contributed by atoms with Crippen molar-refractivity contribution in [3.05, 3.63) is 29.1 Å². The van der Waals surface area contributed by atoms with Gasteiger partial charge < -0.3 is 14.6 Å². The van der Waals surface area contributed by atoms with Crippen LogP contribution >= 0.6 is 0 Å². The minimum Gasteiger partial charge on any atom is -0.369 e. The summed E-state index contributed by atoms with van der Waals surface area (Å²) in [6, 6.07) is 0. The molecular weight excluding hydrogens is 284 g/mol. The van der Waals surface area contributed by atoms with Crippen LogP contribution in [0.15, 0.2) is 6.33 Å². The first-order valence-electron chi connectivity index (χ1n) is 7.41. The van der Waals surface area contributed by atoms with Gasteiger partial charge in [0.1, 0.15) is 12.2 Å². The van der Waals surface area contributed by atoms with Crippen LogP contribution in [0.25, 0.3) is 0 Å². The highest BCUT2D eigenvalue weighted by molar-refractivity contribution is 5.94. The third-order valence-electron chi connectivity index (χ3n) is 3.90. The molecule has 118 valence electrons. The minimum atomic E-state index is -0.162. The Morgan fingerprint density at radius 3 is 3.09 bits per heavy atom. The summed E-state index contributed by atoms with van der Waals surface area (Å²) < 4.78 is 7.62. The maximum absolute atomic E-state index is 12.3. The van der Waals surface area contributed by atoms with Crippen LogP contribution in [0.5, 0.6) is 0 Å². The number of rotatable bonds is 4. The number of amides is 1. The first-order chi connectivity index (χ1) is 10.6. The highest BCUT2D eigenvalue weighted by atomic mass is 16.5. The summed E-state index contributed by atoms with van der Waals surface area (Å²) in [6.45, 7) is 6.97. The van der Waals surface area contributed by atoms with Gasteiger partial charge in [-0.25, -0.2) is 0 Å². The van der Waals surface area contributed by atoms with Crippen LogP contribution in [0, 0.1) is 6.92 Å². The molecule has 0 radical (unpaired) electrons. The lowest BCUT2D eigenvalue weighted by atomic mass is 9.99. The van der Waals surface area contributed by atoms with Crippen LogP contribution in [0.2, 0.25) is 0 Å². The Kier molecular flexibility index (Phi) is 3.93. The Bertz CT molecular complexity index is 677. The second-order valence-corrected chi connectivity index (χ2v) is 5.58. The minimum absolute atomic E-state index is 0.0625. The van der Waals surface area contributed by atoms with Crippen LogP contribution in [-0.4, -0.2) is 43.5 Å². The highest BCUT2D eigenvalue weighted by Crippen LogP contribution is 2.29. The van der Waals surface area contributed by atoms with Gasteiger partial charge in [-0.1, -0.05) is 0 Å². The van der Waals surface area contributed by atoms with Gasteiger partial charge in [-0.05, 0) is 20.8 Å². The normalized spacial score (nSPS) is 20.7. The van der Waals surface area contributed by atoms with Gasteiger partial charge in [-0.2, -0.15) is 5.10 Å². The van der Waals surface area contributed by atoms with E-state index in [1.807, 2.05) is 25.3 Å². The monoisotopic (exact) mass is 304 g/mol. The van der Waals surface area contributed by atoms with Crippen molar-refractivity contribution in [3.63, 3.8) is 0 Å². The zero-order chi connectivity index (χ0) is 15.7. The van der Waals surface area contributed by atoms with Crippen LogP contribution in [-0.2, 0) is 17.7 Å². The molecule has 2 atom stereocenters. The summed E-state index contributed by atoms with van der Waals surface area (Å²) in [7, 11) is 0. The van der Waals surface area contributed by atoms with E-state index in [1.165, 1.54) is 0 Å². The number of H-pyrrole nitrogens is 1. The largest absolute Gasteiger partial charge is 0.369 e. The molecule has 0 saturated carbocycles. The lowest BCUT2D eigenvalue weighted by Crippen LogP contribution is -2.30. The molecule has 1 amide bonds. The second-order valence-electron chi connectivity index (χ2n) is 5.58. The molecule has 0 spiro atoms. The zero-order valence-corrected chi connectivity index (χ0v) is 13.0. The first-order valence-corrected chi connectivity index (χ1v) is 7.41. The third-order valence-corrected chi connectivity index (χ3v) is 3.90. The average molecular weight is 304 g/mol. The Balaban J connectivity index is 1.65. The van der Waals surface area contributed by atoms with Gasteiger partial charge >= 0.3 is 0 Å². The van der Waals surface area contributed by atoms with Crippen LogP contribution in [0.4, 0.5) is 0 Å². The molecule has 3 heterocycles. The number of hydrogen-bond acceptors (Lipinski definition) is 5. The zero-order valence-electron chi connectivity index (χ0n) is 13.0. The number of aromatic amines is 1. The quantitative estimate of drug-likeness (QED) is 0.869. The number of aromatic nitrogens is 5. The Labute approximate surface area is 128 Å². The van der Waals surface area contributed by atoms with Gasteiger partial charge in [0.2, 0.25) is 0 Å². The maximum atomic E-state index is 12.3. The molecule has 22 heavy (non-hydrogen) atoms. The fourth-order valence-corrected chi connectivity index (χ4v) is 2.77. The van der Waals surface area contributed by atoms with Gasteiger partial charge in [0.05, 0.1) is 17.9 Å². The number of carbonyl (C=O) groups is 1. The molecule has 1 aliphatic heterocycles. The number of carbonyl (C=O) groups excluding carboxylic acids is 1. The molecule has 0 saturated heterocycles. The van der Waals surface area contributed by atoms with Gasteiger partial charge in [0, 0.05) is 25.1 Å². The summed E-state index contributed by atoms with van der Waals surface area (Å²) in [6.07, 6.45) is 2.38. The van der Waals surface area contributed by atoms with Crippen molar-refractivity contribution in [2.45, 2.75) is 45.9 Å². The predicted octanol–water partition coefficient (Wildman–Crippen LogP) is 0.762. The van der Waals surface area contributed by atoms with E-state index >= 15 is 0 Å². The molecular formula is C14H20N6O2. The molecule has 2 aromatic heterocycles. The lowest BCUT2D eigenvalue weighted by Gasteiger charge is -2.25. The summed E-state index contributed by atoms with van der Waals surface area (Å²) in [5.74, 6) is 0.663. The summed E-state index contributed by atoms with van der Waals surface area (Å²) in [4.78, 5) is 12.3. The number of aryl methyl sites for hydroxylation is 1. The molecule has 0 fully saturated rings. The molecule has 0 aliphatic carbocycles. The van der Waals surface area contributed by atoms with Crippen molar-refractivity contribution in [3.8, 4) is 0 Å². The second kappa shape index (κ2) is 5.88. The van der Waals surface area contributed by atoms with Crippen molar-refractivity contribution in [2.75, 3.05) is 6.54 Å². The van der Waals surface area contributed by atoms with Crippen molar-refractivity contribution < 1.29 is 9.53 Å². The number of nitrogens with zero attached hydrogens (tertiary/aromatic N) is 4. The average Bonchev–Trinajstić information content (AvgIpc) is 3.05. The molecule has 8 nitrogen and oxygen atoms in total. The SMILES string of the molecule is Cc1nncn1CCNC(=O)c1n[nH]c2c1C[C@@H](C)O[C@H]2C. The Morgan fingerprint density at radius 1 is 1.55 bits per heavy atom. The van der Waals surface area contributed by atoms with Crippen LogP contribution < -0.4 is 5.32 Å². The molecule has 0 bridgehead atoms. The van der Waals surface area contributed by atoms with E-state index in [9.17, 15) is 4.79 Å². The van der Waals surface area contributed by atoms with E-state index in [2.05, 4.69) is 25.7 Å². The van der Waals surface area contributed by atoms with E-state index in [1.54, 1.807) is 6.33 Å². The maximum Gasteiger partial charge on any atom is 0.272 e. The molecule has 1 aliphatic rings. The van der Waals surface area contributed by atoms with E-state index in [-0.39, 0.29) is 18.1 Å². The van der Waals surface area contributed by atoms with E-state index in [0.717, 1.165) is 17.1 Å². The van der Waals surface area contributed by atoms with Crippen molar-refractivity contribution in [1.29, 1.82) is 0 Å². The van der Waals surface area contributed by atoms with Crippen LogP contribution in [0.1, 0.15) is 47.5 Å². The van der Waals surface area contributed by atoms with Crippen molar-refractivity contribution in [2.24, 2.45) is 0 Å². The molecule has 2 N–H and O–H groups in total.